The van der Waals surface area contributed by atoms with E-state index in [1.165, 1.54) is 0 Å². The van der Waals surface area contributed by atoms with Crippen LogP contribution in [0.3, 0.4) is 0 Å². The van der Waals surface area contributed by atoms with Crippen molar-refractivity contribution >= 4 is 44.0 Å². The van der Waals surface area contributed by atoms with Crippen molar-refractivity contribution < 1.29 is 5.11 Å². The molecular formula is C10H6INOS. The van der Waals surface area contributed by atoms with E-state index in [2.05, 4.69) is 28.7 Å². The van der Waals surface area contributed by atoms with Crippen LogP contribution in [-0.2, 0) is 6.61 Å². The Labute approximate surface area is 98.9 Å². The second kappa shape index (κ2) is 3.85. The van der Waals surface area contributed by atoms with Crippen molar-refractivity contribution in [1.29, 1.82) is 5.26 Å². The van der Waals surface area contributed by atoms with E-state index in [0.717, 1.165) is 18.5 Å². The van der Waals surface area contributed by atoms with Crippen molar-refractivity contribution in [3.63, 3.8) is 0 Å². The largest absolute Gasteiger partial charge is 0.391 e. The number of hydrogen-bond donors (Lipinski definition) is 1. The summed E-state index contributed by atoms with van der Waals surface area (Å²) in [6, 6.07) is 7.77. The number of halogens is 1. The molecule has 1 aromatic heterocycles. The first-order chi connectivity index (χ1) is 6.74. The van der Waals surface area contributed by atoms with Crippen molar-refractivity contribution in [2.75, 3.05) is 0 Å². The smallest absolute Gasteiger partial charge is 0.0992 e. The van der Waals surface area contributed by atoms with Crippen molar-refractivity contribution in [3.8, 4) is 6.07 Å². The SMILES string of the molecule is N#Cc1cc(I)c2sc(CO)cc2c1. The summed E-state index contributed by atoms with van der Waals surface area (Å²) in [5.41, 5.74) is 0.671. The molecule has 2 rings (SSSR count). The highest BCUT2D eigenvalue weighted by Gasteiger charge is 2.06. The first-order valence-electron chi connectivity index (χ1n) is 3.97. The highest BCUT2D eigenvalue weighted by atomic mass is 127. The van der Waals surface area contributed by atoms with Gasteiger partial charge < -0.3 is 5.11 Å². The van der Waals surface area contributed by atoms with Crippen LogP contribution >= 0.6 is 33.9 Å². The van der Waals surface area contributed by atoms with Gasteiger partial charge in [-0.25, -0.2) is 0 Å². The Morgan fingerprint density at radius 1 is 1.43 bits per heavy atom. The average Bonchev–Trinajstić information content (AvgIpc) is 2.61. The van der Waals surface area contributed by atoms with Crippen LogP contribution in [-0.4, -0.2) is 5.11 Å². The molecule has 0 atom stereocenters. The molecule has 1 aromatic carbocycles. The Morgan fingerprint density at radius 3 is 2.86 bits per heavy atom. The zero-order valence-corrected chi connectivity index (χ0v) is 10.1. The summed E-state index contributed by atoms with van der Waals surface area (Å²) < 4.78 is 2.22. The molecule has 0 radical (unpaired) electrons. The standard InChI is InChI=1S/C10H6INOS/c11-9-2-6(4-12)1-7-3-8(5-13)14-10(7)9/h1-3,13H,5H2. The molecule has 0 aliphatic heterocycles. The molecule has 2 aromatic rings. The molecule has 1 N–H and O–H groups in total. The third-order valence-electron chi connectivity index (χ3n) is 1.91. The number of rotatable bonds is 1. The molecule has 14 heavy (non-hydrogen) atoms. The van der Waals surface area contributed by atoms with Gasteiger partial charge in [0.15, 0.2) is 0 Å². The number of aliphatic hydroxyl groups excluding tert-OH is 1. The second-order valence-electron chi connectivity index (χ2n) is 2.86. The number of thiophene rings is 1. The summed E-state index contributed by atoms with van der Waals surface area (Å²) in [5.74, 6) is 0. The van der Waals surface area contributed by atoms with Gasteiger partial charge >= 0.3 is 0 Å². The molecule has 2 nitrogen and oxygen atoms in total. The number of fused-ring (bicyclic) bond motifs is 1. The maximum absolute atomic E-state index is 9.00. The van der Waals surface area contributed by atoms with Gasteiger partial charge in [0, 0.05) is 13.1 Å². The lowest BCUT2D eigenvalue weighted by Gasteiger charge is -1.94. The lowest BCUT2D eigenvalue weighted by molar-refractivity contribution is 0.285. The van der Waals surface area contributed by atoms with E-state index in [1.54, 1.807) is 11.3 Å². The average molecular weight is 315 g/mol. The van der Waals surface area contributed by atoms with Crippen molar-refractivity contribution in [1.82, 2.24) is 0 Å². The third kappa shape index (κ3) is 1.63. The molecule has 0 aliphatic rings. The van der Waals surface area contributed by atoms with Gasteiger partial charge in [0.2, 0.25) is 0 Å². The highest BCUT2D eigenvalue weighted by molar-refractivity contribution is 14.1. The second-order valence-corrected chi connectivity index (χ2v) is 5.16. The quantitative estimate of drug-likeness (QED) is 0.823. The van der Waals surface area contributed by atoms with Crippen LogP contribution in [0.5, 0.6) is 0 Å². The Bertz CT molecular complexity index is 527. The maximum atomic E-state index is 9.00. The van der Waals surface area contributed by atoms with Crippen LogP contribution in [0, 0.1) is 14.9 Å². The van der Waals surface area contributed by atoms with E-state index >= 15 is 0 Å². The first-order valence-corrected chi connectivity index (χ1v) is 5.87. The van der Waals surface area contributed by atoms with Gasteiger partial charge in [0.05, 0.1) is 18.2 Å². The minimum Gasteiger partial charge on any atom is -0.391 e. The summed E-state index contributed by atoms with van der Waals surface area (Å²) in [6.45, 7) is 0.0668. The normalized spacial score (nSPS) is 10.4. The minimum atomic E-state index is 0.0668. The van der Waals surface area contributed by atoms with Gasteiger partial charge in [0.25, 0.3) is 0 Å². The minimum absolute atomic E-state index is 0.0668. The van der Waals surface area contributed by atoms with Gasteiger partial charge in [-0.2, -0.15) is 5.26 Å². The van der Waals surface area contributed by atoms with Crippen molar-refractivity contribution in [2.45, 2.75) is 6.61 Å². The first kappa shape index (κ1) is 9.90. The van der Waals surface area contributed by atoms with Gasteiger partial charge in [0.1, 0.15) is 0 Å². The fourth-order valence-electron chi connectivity index (χ4n) is 1.31. The van der Waals surface area contributed by atoms with Gasteiger partial charge in [-0.05, 0) is 46.2 Å². The molecule has 4 heteroatoms. The fourth-order valence-corrected chi connectivity index (χ4v) is 3.19. The number of hydrogen-bond acceptors (Lipinski definition) is 3. The summed E-state index contributed by atoms with van der Waals surface area (Å²) >= 11 is 3.79. The molecule has 0 spiro atoms. The predicted molar refractivity (Wildman–Crippen MR) is 65.2 cm³/mol. The van der Waals surface area contributed by atoms with E-state index in [0.29, 0.717) is 5.56 Å². The highest BCUT2D eigenvalue weighted by Crippen LogP contribution is 2.30. The predicted octanol–water partition coefficient (Wildman–Crippen LogP) is 2.87. The summed E-state index contributed by atoms with van der Waals surface area (Å²) in [6.07, 6.45) is 0. The molecule has 0 saturated carbocycles. The zero-order chi connectivity index (χ0) is 10.1. The zero-order valence-electron chi connectivity index (χ0n) is 7.12. The summed E-state index contributed by atoms with van der Waals surface area (Å²) in [5, 5.41) is 18.8. The van der Waals surface area contributed by atoms with E-state index < -0.39 is 0 Å². The monoisotopic (exact) mass is 315 g/mol. The van der Waals surface area contributed by atoms with Crippen molar-refractivity contribution in [2.24, 2.45) is 0 Å². The van der Waals surface area contributed by atoms with Crippen molar-refractivity contribution in [3.05, 3.63) is 32.2 Å². The van der Waals surface area contributed by atoms with Gasteiger partial charge in [-0.3, -0.25) is 0 Å². The number of nitriles is 1. The summed E-state index contributed by atoms with van der Waals surface area (Å²) in [7, 11) is 0. The van der Waals surface area contributed by atoms with E-state index in [4.69, 9.17) is 10.4 Å². The van der Waals surface area contributed by atoms with Crippen LogP contribution in [0.25, 0.3) is 10.1 Å². The topological polar surface area (TPSA) is 44.0 Å². The van der Waals surface area contributed by atoms with E-state index in [-0.39, 0.29) is 6.61 Å². The van der Waals surface area contributed by atoms with Crippen LogP contribution in [0.15, 0.2) is 18.2 Å². The molecule has 1 heterocycles. The van der Waals surface area contributed by atoms with Gasteiger partial charge in [-0.1, -0.05) is 0 Å². The van der Waals surface area contributed by atoms with Crippen LogP contribution in [0.2, 0.25) is 0 Å². The lowest BCUT2D eigenvalue weighted by atomic mass is 10.2. The third-order valence-corrected chi connectivity index (χ3v) is 4.29. The van der Waals surface area contributed by atoms with Crippen LogP contribution < -0.4 is 0 Å². The molecule has 0 amide bonds. The number of aliphatic hydroxyl groups is 1. The summed E-state index contributed by atoms with van der Waals surface area (Å²) in [4.78, 5) is 0.938. The Kier molecular flexibility index (Phi) is 2.72. The lowest BCUT2D eigenvalue weighted by Crippen LogP contribution is -1.76. The molecule has 70 valence electrons. The Hall–Kier alpha value is -0.640. The molecule has 0 aliphatic carbocycles. The molecule has 0 fully saturated rings. The van der Waals surface area contributed by atoms with Crippen LogP contribution in [0.4, 0.5) is 0 Å². The molecule has 0 saturated heterocycles. The molecule has 0 unspecified atom stereocenters. The van der Waals surface area contributed by atoms with E-state index in [1.807, 2.05) is 18.2 Å². The molecule has 0 bridgehead atoms. The maximum Gasteiger partial charge on any atom is 0.0992 e. The van der Waals surface area contributed by atoms with Crippen LogP contribution in [0.1, 0.15) is 10.4 Å². The van der Waals surface area contributed by atoms with Gasteiger partial charge in [-0.15, -0.1) is 11.3 Å². The number of nitrogens with zero attached hydrogens (tertiary/aromatic N) is 1. The fraction of sp³-hybridized carbons (Fsp3) is 0.100. The Balaban J connectivity index is 2.75. The Morgan fingerprint density at radius 2 is 2.21 bits per heavy atom. The molecular weight excluding hydrogens is 309 g/mol. The number of benzene rings is 1. The van der Waals surface area contributed by atoms with E-state index in [9.17, 15) is 0 Å².